The number of para-hydroxylation sites is 1. The van der Waals surface area contributed by atoms with Crippen LogP contribution in [0.25, 0.3) is 0 Å². The second-order valence-corrected chi connectivity index (χ2v) is 5.36. The molecule has 0 saturated heterocycles. The molecule has 1 N–H and O–H groups in total. The summed E-state index contributed by atoms with van der Waals surface area (Å²) in [5.74, 6) is 1.03. The zero-order valence-corrected chi connectivity index (χ0v) is 11.5. The van der Waals surface area contributed by atoms with E-state index >= 15 is 0 Å². The van der Waals surface area contributed by atoms with Crippen molar-refractivity contribution >= 4 is 21.6 Å². The van der Waals surface area contributed by atoms with E-state index < -0.39 is 0 Å². The lowest BCUT2D eigenvalue weighted by atomic mass is 10.1. The topological polar surface area (TPSA) is 21.3 Å². The molecule has 0 spiro atoms. The Hall–Kier alpha value is -1.48. The van der Waals surface area contributed by atoms with Crippen molar-refractivity contribution in [2.45, 2.75) is 12.5 Å². The van der Waals surface area contributed by atoms with Crippen molar-refractivity contribution in [2.75, 3.05) is 11.9 Å². The number of hydrogen-bond donors (Lipinski definition) is 1. The lowest BCUT2D eigenvalue weighted by molar-refractivity contribution is 0.246. The lowest BCUT2D eigenvalue weighted by Crippen LogP contribution is -2.23. The molecule has 1 heterocycles. The summed E-state index contributed by atoms with van der Waals surface area (Å²) in [7, 11) is 0. The molecule has 0 saturated carbocycles. The lowest BCUT2D eigenvalue weighted by Gasteiger charge is -2.12. The fourth-order valence-electron chi connectivity index (χ4n) is 2.17. The minimum Gasteiger partial charge on any atom is -0.488 e. The van der Waals surface area contributed by atoms with Crippen LogP contribution < -0.4 is 10.1 Å². The summed E-state index contributed by atoms with van der Waals surface area (Å²) in [6.07, 6.45) is 1.21. The van der Waals surface area contributed by atoms with Gasteiger partial charge >= 0.3 is 0 Å². The van der Waals surface area contributed by atoms with Gasteiger partial charge in [-0.3, -0.25) is 0 Å². The van der Waals surface area contributed by atoms with E-state index in [1.54, 1.807) is 0 Å². The summed E-state index contributed by atoms with van der Waals surface area (Å²) in [6, 6.07) is 16.4. The minimum absolute atomic E-state index is 0.228. The van der Waals surface area contributed by atoms with Crippen LogP contribution >= 0.6 is 15.9 Å². The average molecular weight is 304 g/mol. The predicted octanol–water partition coefficient (Wildman–Crippen LogP) is 3.86. The van der Waals surface area contributed by atoms with Crippen LogP contribution in [0.3, 0.4) is 0 Å². The summed E-state index contributed by atoms with van der Waals surface area (Å²) in [4.78, 5) is 0. The fourth-order valence-corrected chi connectivity index (χ4v) is 2.43. The van der Waals surface area contributed by atoms with E-state index in [0.717, 1.165) is 28.9 Å². The normalized spacial score (nSPS) is 17.1. The van der Waals surface area contributed by atoms with Gasteiger partial charge in [0.25, 0.3) is 0 Å². The second-order valence-electron chi connectivity index (χ2n) is 4.44. The number of halogens is 1. The number of fused-ring (bicyclic) bond motifs is 1. The maximum atomic E-state index is 5.88. The van der Waals surface area contributed by atoms with Crippen molar-refractivity contribution < 1.29 is 4.74 Å². The number of nitrogens with one attached hydrogen (secondary N) is 1. The molecule has 18 heavy (non-hydrogen) atoms. The molecule has 0 aromatic heterocycles. The highest BCUT2D eigenvalue weighted by molar-refractivity contribution is 9.10. The van der Waals surface area contributed by atoms with E-state index in [0.29, 0.717) is 0 Å². The molecule has 2 aromatic carbocycles. The highest BCUT2D eigenvalue weighted by atomic mass is 79.9. The first kappa shape index (κ1) is 11.6. The van der Waals surface area contributed by atoms with Crippen LogP contribution in [0.5, 0.6) is 5.75 Å². The number of ether oxygens (including phenoxy) is 1. The maximum absolute atomic E-state index is 5.88. The molecule has 1 unspecified atom stereocenters. The highest BCUT2D eigenvalue weighted by Crippen LogP contribution is 2.28. The first-order valence-corrected chi connectivity index (χ1v) is 6.84. The minimum atomic E-state index is 0.228. The van der Waals surface area contributed by atoms with Crippen molar-refractivity contribution in [3.63, 3.8) is 0 Å². The highest BCUT2D eigenvalue weighted by Gasteiger charge is 2.21. The number of anilines is 1. The van der Waals surface area contributed by atoms with Gasteiger partial charge in [-0.1, -0.05) is 34.1 Å². The van der Waals surface area contributed by atoms with E-state index in [2.05, 4.69) is 45.5 Å². The standard InChI is InChI=1S/C15H14BrNO/c16-12-5-7-13(8-6-12)17-10-14-9-11-3-1-2-4-15(11)18-14/h1-8,14,17H,9-10H2. The van der Waals surface area contributed by atoms with Gasteiger partial charge in [0.1, 0.15) is 11.9 Å². The Morgan fingerprint density at radius 1 is 1.11 bits per heavy atom. The first-order valence-electron chi connectivity index (χ1n) is 6.05. The Morgan fingerprint density at radius 2 is 1.89 bits per heavy atom. The fraction of sp³-hybridized carbons (Fsp3) is 0.200. The van der Waals surface area contributed by atoms with Crippen LogP contribution in [0.4, 0.5) is 5.69 Å². The largest absolute Gasteiger partial charge is 0.488 e. The van der Waals surface area contributed by atoms with Crippen LogP contribution in [0.15, 0.2) is 53.0 Å². The van der Waals surface area contributed by atoms with Gasteiger partial charge in [-0.25, -0.2) is 0 Å². The van der Waals surface area contributed by atoms with Crippen molar-refractivity contribution in [3.05, 3.63) is 58.6 Å². The summed E-state index contributed by atoms with van der Waals surface area (Å²) < 4.78 is 6.98. The molecule has 0 amide bonds. The molecule has 1 aliphatic heterocycles. The molecule has 1 atom stereocenters. The maximum Gasteiger partial charge on any atom is 0.123 e. The number of benzene rings is 2. The zero-order chi connectivity index (χ0) is 12.4. The van der Waals surface area contributed by atoms with Gasteiger partial charge in [-0.15, -0.1) is 0 Å². The van der Waals surface area contributed by atoms with Gasteiger partial charge in [0, 0.05) is 16.6 Å². The van der Waals surface area contributed by atoms with E-state index in [1.165, 1.54) is 5.56 Å². The summed E-state index contributed by atoms with van der Waals surface area (Å²) in [5.41, 5.74) is 2.43. The molecule has 0 bridgehead atoms. The number of hydrogen-bond acceptors (Lipinski definition) is 2. The Labute approximate surface area is 115 Å². The third kappa shape index (κ3) is 2.51. The molecular weight excluding hydrogens is 290 g/mol. The Morgan fingerprint density at radius 3 is 2.67 bits per heavy atom. The molecule has 0 radical (unpaired) electrons. The molecule has 3 rings (SSSR count). The third-order valence-electron chi connectivity index (χ3n) is 3.09. The van der Waals surface area contributed by atoms with E-state index in [9.17, 15) is 0 Å². The van der Waals surface area contributed by atoms with Crippen LogP contribution in [0.1, 0.15) is 5.56 Å². The molecule has 92 valence electrons. The van der Waals surface area contributed by atoms with Crippen LogP contribution in [-0.4, -0.2) is 12.6 Å². The summed E-state index contributed by atoms with van der Waals surface area (Å²) in [5, 5.41) is 3.40. The zero-order valence-electron chi connectivity index (χ0n) is 9.90. The Balaban J connectivity index is 1.58. The van der Waals surface area contributed by atoms with Gasteiger partial charge in [-0.2, -0.15) is 0 Å². The van der Waals surface area contributed by atoms with E-state index in [4.69, 9.17) is 4.74 Å². The van der Waals surface area contributed by atoms with Gasteiger partial charge in [0.15, 0.2) is 0 Å². The smallest absolute Gasteiger partial charge is 0.123 e. The molecule has 0 fully saturated rings. The number of rotatable bonds is 3. The van der Waals surface area contributed by atoms with Crippen molar-refractivity contribution in [1.82, 2.24) is 0 Å². The second kappa shape index (κ2) is 5.02. The molecule has 3 heteroatoms. The van der Waals surface area contributed by atoms with Gasteiger partial charge < -0.3 is 10.1 Å². The summed E-state index contributed by atoms with van der Waals surface area (Å²) in [6.45, 7) is 0.830. The summed E-state index contributed by atoms with van der Waals surface area (Å²) >= 11 is 3.43. The van der Waals surface area contributed by atoms with Gasteiger partial charge in [0.05, 0.1) is 6.54 Å². The van der Waals surface area contributed by atoms with Gasteiger partial charge in [-0.05, 0) is 35.9 Å². The average Bonchev–Trinajstić information content (AvgIpc) is 2.81. The van der Waals surface area contributed by atoms with Crippen molar-refractivity contribution in [3.8, 4) is 5.75 Å². The van der Waals surface area contributed by atoms with Crippen LogP contribution in [0, 0.1) is 0 Å². The molecular formula is C15H14BrNO. The van der Waals surface area contributed by atoms with E-state index in [-0.39, 0.29) is 6.10 Å². The van der Waals surface area contributed by atoms with Crippen molar-refractivity contribution in [1.29, 1.82) is 0 Å². The predicted molar refractivity (Wildman–Crippen MR) is 77.2 cm³/mol. The monoisotopic (exact) mass is 303 g/mol. The molecule has 2 nitrogen and oxygen atoms in total. The molecule has 1 aliphatic rings. The van der Waals surface area contributed by atoms with Crippen LogP contribution in [0.2, 0.25) is 0 Å². The SMILES string of the molecule is Brc1ccc(NCC2Cc3ccccc3O2)cc1. The van der Waals surface area contributed by atoms with Gasteiger partial charge in [0.2, 0.25) is 0 Å². The Kier molecular flexibility index (Phi) is 3.24. The van der Waals surface area contributed by atoms with E-state index in [1.807, 2.05) is 24.3 Å². The molecule has 0 aliphatic carbocycles. The van der Waals surface area contributed by atoms with Crippen LogP contribution in [-0.2, 0) is 6.42 Å². The quantitative estimate of drug-likeness (QED) is 0.929. The van der Waals surface area contributed by atoms with Crippen molar-refractivity contribution in [2.24, 2.45) is 0 Å². The third-order valence-corrected chi connectivity index (χ3v) is 3.62. The molecule has 2 aromatic rings. The first-order chi connectivity index (χ1) is 8.81. The Bertz CT molecular complexity index is 513.